The lowest BCUT2D eigenvalue weighted by atomic mass is 10.2. The van der Waals surface area contributed by atoms with Gasteiger partial charge in [-0.2, -0.15) is 5.10 Å². The number of nitrogens with zero attached hydrogens (tertiary/aromatic N) is 2. The number of amidine groups is 1. The second-order valence-corrected chi connectivity index (χ2v) is 3.48. The zero-order valence-corrected chi connectivity index (χ0v) is 8.74. The Bertz CT molecular complexity index is 545. The summed E-state index contributed by atoms with van der Waals surface area (Å²) >= 11 is 0. The maximum Gasteiger partial charge on any atom is 0.149 e. The Balaban J connectivity index is 2.47. The predicted molar refractivity (Wildman–Crippen MR) is 59.3 cm³/mol. The van der Waals surface area contributed by atoms with E-state index in [9.17, 15) is 4.39 Å². The van der Waals surface area contributed by atoms with Crippen LogP contribution in [-0.2, 0) is 0 Å². The van der Waals surface area contributed by atoms with E-state index < -0.39 is 5.82 Å². The molecule has 0 unspecified atom stereocenters. The van der Waals surface area contributed by atoms with Gasteiger partial charge in [-0.3, -0.25) is 5.41 Å². The first kappa shape index (κ1) is 10.4. The van der Waals surface area contributed by atoms with Crippen LogP contribution in [0.15, 0.2) is 30.5 Å². The first-order chi connectivity index (χ1) is 7.58. The summed E-state index contributed by atoms with van der Waals surface area (Å²) in [5.41, 5.74) is 6.80. The van der Waals surface area contributed by atoms with Gasteiger partial charge in [-0.1, -0.05) is 0 Å². The number of halogens is 1. The molecule has 82 valence electrons. The lowest BCUT2D eigenvalue weighted by Gasteiger charge is -2.05. The van der Waals surface area contributed by atoms with Crippen molar-refractivity contribution in [3.63, 3.8) is 0 Å². The highest BCUT2D eigenvalue weighted by atomic mass is 19.1. The summed E-state index contributed by atoms with van der Waals surface area (Å²) < 4.78 is 15.1. The number of hydrogen-bond acceptors (Lipinski definition) is 2. The Hall–Kier alpha value is -2.17. The van der Waals surface area contributed by atoms with Crippen LogP contribution in [0.2, 0.25) is 0 Å². The van der Waals surface area contributed by atoms with Crippen molar-refractivity contribution in [3.8, 4) is 5.69 Å². The quantitative estimate of drug-likeness (QED) is 0.594. The van der Waals surface area contributed by atoms with Gasteiger partial charge in [-0.05, 0) is 31.2 Å². The fraction of sp³-hybridized carbons (Fsp3) is 0.0909. The molecule has 1 aromatic carbocycles. The molecule has 0 bridgehead atoms. The molecule has 0 saturated carbocycles. The third-order valence-corrected chi connectivity index (χ3v) is 2.23. The van der Waals surface area contributed by atoms with Crippen molar-refractivity contribution < 1.29 is 4.39 Å². The normalized spacial score (nSPS) is 10.4. The van der Waals surface area contributed by atoms with Crippen LogP contribution in [0.1, 0.15) is 11.3 Å². The summed E-state index contributed by atoms with van der Waals surface area (Å²) in [6.07, 6.45) is 1.68. The van der Waals surface area contributed by atoms with Gasteiger partial charge < -0.3 is 5.73 Å². The van der Waals surface area contributed by atoms with Crippen LogP contribution < -0.4 is 5.73 Å². The predicted octanol–water partition coefficient (Wildman–Crippen LogP) is 1.60. The fourth-order valence-electron chi connectivity index (χ4n) is 1.41. The van der Waals surface area contributed by atoms with Crippen molar-refractivity contribution in [1.82, 2.24) is 9.78 Å². The smallest absolute Gasteiger partial charge is 0.149 e. The molecule has 16 heavy (non-hydrogen) atoms. The van der Waals surface area contributed by atoms with E-state index in [1.165, 1.54) is 10.7 Å². The molecule has 5 heteroatoms. The summed E-state index contributed by atoms with van der Waals surface area (Å²) in [5, 5.41) is 11.3. The molecular weight excluding hydrogens is 207 g/mol. The molecule has 4 nitrogen and oxygen atoms in total. The van der Waals surface area contributed by atoms with Crippen molar-refractivity contribution in [2.24, 2.45) is 5.73 Å². The Morgan fingerprint density at radius 3 is 2.69 bits per heavy atom. The summed E-state index contributed by atoms with van der Waals surface area (Å²) in [6, 6.07) is 6.17. The Morgan fingerprint density at radius 2 is 2.19 bits per heavy atom. The Kier molecular flexibility index (Phi) is 2.44. The molecule has 0 fully saturated rings. The van der Waals surface area contributed by atoms with E-state index in [2.05, 4.69) is 5.10 Å². The molecule has 0 radical (unpaired) electrons. The lowest BCUT2D eigenvalue weighted by molar-refractivity contribution is 0.610. The molecule has 0 spiro atoms. The van der Waals surface area contributed by atoms with Crippen molar-refractivity contribution in [3.05, 3.63) is 47.5 Å². The maximum atomic E-state index is 13.7. The topological polar surface area (TPSA) is 67.7 Å². The van der Waals surface area contributed by atoms with E-state index in [0.29, 0.717) is 11.3 Å². The highest BCUT2D eigenvalue weighted by Gasteiger charge is 2.07. The average Bonchev–Trinajstić information content (AvgIpc) is 2.64. The van der Waals surface area contributed by atoms with E-state index in [1.807, 2.05) is 6.92 Å². The number of rotatable bonds is 2. The molecule has 1 aromatic heterocycles. The number of nitrogen functional groups attached to an aromatic ring is 1. The summed E-state index contributed by atoms with van der Waals surface area (Å²) in [5.74, 6) is -0.599. The standard InChI is InChI=1S/C11H11FN4/c1-7-4-5-16(15-7)10-3-2-8(11(13)14)6-9(10)12/h2-6H,1H3,(H3,13,14). The summed E-state index contributed by atoms with van der Waals surface area (Å²) in [7, 11) is 0. The number of nitrogens with two attached hydrogens (primary N) is 1. The van der Waals surface area contributed by atoms with Gasteiger partial charge in [0.2, 0.25) is 0 Å². The summed E-state index contributed by atoms with van der Waals surface area (Å²) in [4.78, 5) is 0. The molecule has 0 aliphatic heterocycles. The van der Waals surface area contributed by atoms with E-state index >= 15 is 0 Å². The van der Waals surface area contributed by atoms with Crippen LogP contribution in [0.4, 0.5) is 4.39 Å². The van der Waals surface area contributed by atoms with Crippen LogP contribution >= 0.6 is 0 Å². The van der Waals surface area contributed by atoms with Gasteiger partial charge in [0.25, 0.3) is 0 Å². The third kappa shape index (κ3) is 1.79. The van der Waals surface area contributed by atoms with E-state index in [0.717, 1.165) is 5.69 Å². The molecule has 2 rings (SSSR count). The van der Waals surface area contributed by atoms with Gasteiger partial charge in [0.15, 0.2) is 0 Å². The van der Waals surface area contributed by atoms with Gasteiger partial charge in [0, 0.05) is 11.8 Å². The maximum absolute atomic E-state index is 13.7. The van der Waals surface area contributed by atoms with E-state index in [-0.39, 0.29) is 5.84 Å². The molecule has 3 N–H and O–H groups in total. The van der Waals surface area contributed by atoms with Crippen LogP contribution in [0.25, 0.3) is 5.69 Å². The van der Waals surface area contributed by atoms with E-state index in [1.54, 1.807) is 24.4 Å². The average molecular weight is 218 g/mol. The minimum atomic E-state index is -0.448. The minimum absolute atomic E-state index is 0.151. The van der Waals surface area contributed by atoms with Gasteiger partial charge in [-0.15, -0.1) is 0 Å². The van der Waals surface area contributed by atoms with Crippen LogP contribution in [-0.4, -0.2) is 15.6 Å². The summed E-state index contributed by atoms with van der Waals surface area (Å²) in [6.45, 7) is 1.83. The van der Waals surface area contributed by atoms with Crippen molar-refractivity contribution in [1.29, 1.82) is 5.41 Å². The monoisotopic (exact) mass is 218 g/mol. The molecule has 2 aromatic rings. The van der Waals surface area contributed by atoms with E-state index in [4.69, 9.17) is 11.1 Å². The SMILES string of the molecule is Cc1ccn(-c2ccc(C(=N)N)cc2F)n1. The zero-order chi connectivity index (χ0) is 11.7. The first-order valence-electron chi connectivity index (χ1n) is 4.74. The molecule has 0 amide bonds. The second kappa shape index (κ2) is 3.77. The zero-order valence-electron chi connectivity index (χ0n) is 8.74. The number of aryl methyl sites for hydroxylation is 1. The lowest BCUT2D eigenvalue weighted by Crippen LogP contribution is -2.12. The third-order valence-electron chi connectivity index (χ3n) is 2.23. The van der Waals surface area contributed by atoms with Crippen molar-refractivity contribution >= 4 is 5.84 Å². The molecule has 0 saturated heterocycles. The largest absolute Gasteiger partial charge is 0.384 e. The molecule has 0 aliphatic rings. The molecule has 0 atom stereocenters. The number of benzene rings is 1. The number of aromatic nitrogens is 2. The van der Waals surface area contributed by atoms with Gasteiger partial charge in [-0.25, -0.2) is 9.07 Å². The van der Waals surface area contributed by atoms with Gasteiger partial charge >= 0.3 is 0 Å². The van der Waals surface area contributed by atoms with Crippen molar-refractivity contribution in [2.75, 3.05) is 0 Å². The Labute approximate surface area is 92.0 Å². The highest BCUT2D eigenvalue weighted by Crippen LogP contribution is 2.14. The highest BCUT2D eigenvalue weighted by molar-refractivity contribution is 5.95. The molecule has 1 heterocycles. The van der Waals surface area contributed by atoms with Crippen LogP contribution in [0, 0.1) is 18.2 Å². The minimum Gasteiger partial charge on any atom is -0.384 e. The molecular formula is C11H11FN4. The van der Waals surface area contributed by atoms with Crippen molar-refractivity contribution in [2.45, 2.75) is 6.92 Å². The second-order valence-electron chi connectivity index (χ2n) is 3.48. The van der Waals surface area contributed by atoms with Crippen LogP contribution in [0.3, 0.4) is 0 Å². The molecule has 0 aliphatic carbocycles. The van der Waals surface area contributed by atoms with Crippen LogP contribution in [0.5, 0.6) is 0 Å². The van der Waals surface area contributed by atoms with Gasteiger partial charge in [0.1, 0.15) is 17.3 Å². The number of nitrogens with one attached hydrogen (secondary N) is 1. The van der Waals surface area contributed by atoms with Gasteiger partial charge in [0.05, 0.1) is 5.69 Å². The fourth-order valence-corrected chi connectivity index (χ4v) is 1.41. The number of hydrogen-bond donors (Lipinski definition) is 2. The first-order valence-corrected chi connectivity index (χ1v) is 4.74. The Morgan fingerprint density at radius 1 is 1.44 bits per heavy atom.